The first kappa shape index (κ1) is 15.5. The Morgan fingerprint density at radius 3 is 2.88 bits per heavy atom. The van der Waals surface area contributed by atoms with Gasteiger partial charge in [-0.25, -0.2) is 14.4 Å². The molecule has 4 aromatic rings. The highest BCUT2D eigenvalue weighted by atomic mass is 19.1. The van der Waals surface area contributed by atoms with Crippen LogP contribution in [0.1, 0.15) is 12.8 Å². The number of likely N-dealkylation sites (tertiary alicyclic amines) is 1. The fourth-order valence-electron chi connectivity index (χ4n) is 3.69. The van der Waals surface area contributed by atoms with Crippen LogP contribution < -0.4 is 0 Å². The van der Waals surface area contributed by atoms with E-state index in [1.165, 1.54) is 18.9 Å². The Balaban J connectivity index is 1.57. The zero-order valence-electron chi connectivity index (χ0n) is 14.3. The van der Waals surface area contributed by atoms with Crippen molar-refractivity contribution in [2.24, 2.45) is 0 Å². The van der Waals surface area contributed by atoms with Crippen molar-refractivity contribution in [2.45, 2.75) is 19.4 Å². The number of fused-ring (bicyclic) bond motifs is 2. The van der Waals surface area contributed by atoms with Gasteiger partial charge in [-0.2, -0.15) is 5.10 Å². The summed E-state index contributed by atoms with van der Waals surface area (Å²) < 4.78 is 15.8. The molecule has 1 saturated heterocycles. The Labute approximate surface area is 149 Å². The standard InChI is InChI=1S/C19H19FN6/c20-13-3-4-14-17(11-13)26(10-9-25-7-1-2-8-25)24-18(14)16-12-22-19-15(23-16)5-6-21-19/h3-6,11-12H,1-2,7-10H2,(H,21,22). The highest BCUT2D eigenvalue weighted by Gasteiger charge is 2.17. The molecule has 6 nitrogen and oxygen atoms in total. The van der Waals surface area contributed by atoms with Gasteiger partial charge in [0.15, 0.2) is 5.65 Å². The maximum atomic E-state index is 13.9. The number of rotatable bonds is 4. The Kier molecular flexibility index (Phi) is 3.67. The number of benzene rings is 1. The molecule has 0 atom stereocenters. The summed E-state index contributed by atoms with van der Waals surface area (Å²) in [6.45, 7) is 3.93. The number of nitrogens with zero attached hydrogens (tertiary/aromatic N) is 5. The average Bonchev–Trinajstić information content (AvgIpc) is 3.39. The highest BCUT2D eigenvalue weighted by molar-refractivity contribution is 5.93. The molecule has 3 aromatic heterocycles. The largest absolute Gasteiger partial charge is 0.345 e. The van der Waals surface area contributed by atoms with Gasteiger partial charge in [0.05, 0.1) is 18.3 Å². The van der Waals surface area contributed by atoms with Gasteiger partial charge in [-0.05, 0) is 50.2 Å². The number of H-pyrrole nitrogens is 1. The van der Waals surface area contributed by atoms with Gasteiger partial charge in [0, 0.05) is 18.1 Å². The van der Waals surface area contributed by atoms with Gasteiger partial charge in [-0.15, -0.1) is 0 Å². The molecular weight excluding hydrogens is 331 g/mol. The molecule has 0 spiro atoms. The lowest BCUT2D eigenvalue weighted by Gasteiger charge is -2.14. The zero-order valence-corrected chi connectivity index (χ0v) is 14.3. The number of nitrogens with one attached hydrogen (secondary N) is 1. The average molecular weight is 350 g/mol. The van der Waals surface area contributed by atoms with E-state index in [4.69, 9.17) is 5.10 Å². The van der Waals surface area contributed by atoms with E-state index in [9.17, 15) is 4.39 Å². The summed E-state index contributed by atoms with van der Waals surface area (Å²) in [5.74, 6) is -0.251. The van der Waals surface area contributed by atoms with Gasteiger partial charge in [0.25, 0.3) is 0 Å². The lowest BCUT2D eigenvalue weighted by atomic mass is 10.1. The summed E-state index contributed by atoms with van der Waals surface area (Å²) in [6, 6.07) is 6.69. The number of halogens is 1. The van der Waals surface area contributed by atoms with Crippen molar-refractivity contribution in [2.75, 3.05) is 19.6 Å². The van der Waals surface area contributed by atoms with E-state index < -0.39 is 0 Å². The molecule has 26 heavy (non-hydrogen) atoms. The molecule has 7 heteroatoms. The van der Waals surface area contributed by atoms with E-state index in [0.29, 0.717) is 5.69 Å². The molecule has 1 fully saturated rings. The van der Waals surface area contributed by atoms with Crippen LogP contribution in [0.5, 0.6) is 0 Å². The first-order valence-corrected chi connectivity index (χ1v) is 8.97. The van der Waals surface area contributed by atoms with Crippen molar-refractivity contribution in [1.82, 2.24) is 29.6 Å². The predicted molar refractivity (Wildman–Crippen MR) is 98.2 cm³/mol. The van der Waals surface area contributed by atoms with Crippen LogP contribution in [-0.2, 0) is 6.54 Å². The molecule has 5 rings (SSSR count). The van der Waals surface area contributed by atoms with Gasteiger partial charge in [0.1, 0.15) is 22.7 Å². The SMILES string of the molecule is Fc1ccc2c(-c3cnc4[nH]ccc4n3)nn(CCN3CCCC3)c2c1. The van der Waals surface area contributed by atoms with Gasteiger partial charge in [-0.3, -0.25) is 4.68 Å². The van der Waals surface area contributed by atoms with Gasteiger partial charge < -0.3 is 9.88 Å². The summed E-state index contributed by atoms with van der Waals surface area (Å²) in [5, 5.41) is 5.66. The molecule has 0 radical (unpaired) electrons. The summed E-state index contributed by atoms with van der Waals surface area (Å²) in [7, 11) is 0. The summed E-state index contributed by atoms with van der Waals surface area (Å²) in [4.78, 5) is 14.5. The number of hydrogen-bond donors (Lipinski definition) is 1. The maximum absolute atomic E-state index is 13.9. The first-order chi connectivity index (χ1) is 12.8. The molecule has 0 saturated carbocycles. The Morgan fingerprint density at radius 2 is 2.00 bits per heavy atom. The number of hydrogen-bond acceptors (Lipinski definition) is 4. The second kappa shape index (κ2) is 6.17. The van der Waals surface area contributed by atoms with Crippen LogP contribution >= 0.6 is 0 Å². The number of aromatic amines is 1. The normalized spacial score (nSPS) is 15.4. The Hall–Kier alpha value is -2.80. The molecule has 1 N–H and O–H groups in total. The summed E-state index contributed by atoms with van der Waals surface area (Å²) in [5.41, 5.74) is 3.79. The minimum atomic E-state index is -0.251. The van der Waals surface area contributed by atoms with Crippen molar-refractivity contribution in [1.29, 1.82) is 0 Å². The first-order valence-electron chi connectivity index (χ1n) is 8.97. The molecule has 1 aliphatic rings. The Morgan fingerprint density at radius 1 is 1.12 bits per heavy atom. The van der Waals surface area contributed by atoms with Crippen molar-refractivity contribution >= 4 is 22.1 Å². The van der Waals surface area contributed by atoms with Crippen molar-refractivity contribution < 1.29 is 4.39 Å². The van der Waals surface area contributed by atoms with E-state index in [2.05, 4.69) is 19.9 Å². The monoisotopic (exact) mass is 350 g/mol. The maximum Gasteiger partial charge on any atom is 0.156 e. The van der Waals surface area contributed by atoms with Crippen molar-refractivity contribution in [3.8, 4) is 11.4 Å². The van der Waals surface area contributed by atoms with Gasteiger partial charge >= 0.3 is 0 Å². The van der Waals surface area contributed by atoms with E-state index in [0.717, 1.165) is 53.9 Å². The predicted octanol–water partition coefficient (Wildman–Crippen LogP) is 3.21. The third kappa shape index (κ3) is 2.64. The topological polar surface area (TPSA) is 62.6 Å². The fourth-order valence-corrected chi connectivity index (χ4v) is 3.69. The smallest absolute Gasteiger partial charge is 0.156 e. The lowest BCUT2D eigenvalue weighted by Crippen LogP contribution is -2.24. The zero-order chi connectivity index (χ0) is 17.5. The third-order valence-corrected chi connectivity index (χ3v) is 5.04. The van der Waals surface area contributed by atoms with Crippen molar-refractivity contribution in [3.63, 3.8) is 0 Å². The summed E-state index contributed by atoms with van der Waals surface area (Å²) in [6.07, 6.45) is 6.04. The summed E-state index contributed by atoms with van der Waals surface area (Å²) >= 11 is 0. The molecule has 0 aliphatic carbocycles. The lowest BCUT2D eigenvalue weighted by molar-refractivity contribution is 0.318. The quantitative estimate of drug-likeness (QED) is 0.614. The van der Waals surface area contributed by atoms with Crippen LogP contribution in [0.15, 0.2) is 36.7 Å². The van der Waals surface area contributed by atoms with E-state index in [-0.39, 0.29) is 5.82 Å². The molecule has 1 aliphatic heterocycles. The highest BCUT2D eigenvalue weighted by Crippen LogP contribution is 2.28. The van der Waals surface area contributed by atoms with Gasteiger partial charge in [-0.1, -0.05) is 0 Å². The molecule has 0 amide bonds. The van der Waals surface area contributed by atoms with Gasteiger partial charge in [0.2, 0.25) is 0 Å². The molecule has 0 bridgehead atoms. The number of aromatic nitrogens is 5. The van der Waals surface area contributed by atoms with Crippen LogP contribution in [-0.4, -0.2) is 49.3 Å². The van der Waals surface area contributed by atoms with Crippen molar-refractivity contribution in [3.05, 3.63) is 42.5 Å². The fraction of sp³-hybridized carbons (Fsp3) is 0.316. The molecule has 0 unspecified atom stereocenters. The minimum absolute atomic E-state index is 0.251. The molecular formula is C19H19FN6. The van der Waals surface area contributed by atoms with E-state index in [1.807, 2.05) is 16.9 Å². The van der Waals surface area contributed by atoms with Crippen LogP contribution in [0.25, 0.3) is 33.5 Å². The van der Waals surface area contributed by atoms with E-state index in [1.54, 1.807) is 18.3 Å². The van der Waals surface area contributed by atoms with Crippen LogP contribution in [0.4, 0.5) is 4.39 Å². The second-order valence-corrected chi connectivity index (χ2v) is 6.75. The second-order valence-electron chi connectivity index (χ2n) is 6.75. The van der Waals surface area contributed by atoms with Crippen LogP contribution in [0.2, 0.25) is 0 Å². The molecule has 132 valence electrons. The molecule has 1 aromatic carbocycles. The molecule has 4 heterocycles. The van der Waals surface area contributed by atoms with Crippen LogP contribution in [0, 0.1) is 5.82 Å². The Bertz CT molecular complexity index is 1080. The van der Waals surface area contributed by atoms with E-state index >= 15 is 0 Å². The minimum Gasteiger partial charge on any atom is -0.345 e. The third-order valence-electron chi connectivity index (χ3n) is 5.04. The van der Waals surface area contributed by atoms with Crippen LogP contribution in [0.3, 0.4) is 0 Å².